The van der Waals surface area contributed by atoms with E-state index >= 15 is 0 Å². The van der Waals surface area contributed by atoms with E-state index in [1.54, 1.807) is 33.8 Å². The van der Waals surface area contributed by atoms with Gasteiger partial charge in [0.15, 0.2) is 12.1 Å². The zero-order chi connectivity index (χ0) is 14.4. The normalized spacial score (nSPS) is 30.6. The molecule has 1 heterocycles. The van der Waals surface area contributed by atoms with Gasteiger partial charge in [0.25, 0.3) is 0 Å². The quantitative estimate of drug-likeness (QED) is 0.571. The SMILES string of the molecule is CC(C)(C)OC(=O)C1=C2C=CC(O)O[C@@]2(C)CC1=O. The predicted molar refractivity (Wildman–Crippen MR) is 67.1 cm³/mol. The van der Waals surface area contributed by atoms with E-state index in [1.807, 2.05) is 0 Å². The van der Waals surface area contributed by atoms with Crippen LogP contribution in [0.25, 0.3) is 0 Å². The second-order valence-corrected chi connectivity index (χ2v) is 5.99. The molecule has 5 heteroatoms. The van der Waals surface area contributed by atoms with Crippen LogP contribution in [0.2, 0.25) is 0 Å². The van der Waals surface area contributed by atoms with Gasteiger partial charge >= 0.3 is 5.97 Å². The third kappa shape index (κ3) is 2.62. The van der Waals surface area contributed by atoms with E-state index in [9.17, 15) is 14.7 Å². The molecule has 104 valence electrons. The highest BCUT2D eigenvalue weighted by atomic mass is 16.6. The first-order valence-electron chi connectivity index (χ1n) is 6.18. The van der Waals surface area contributed by atoms with E-state index in [4.69, 9.17) is 9.47 Å². The minimum atomic E-state index is -1.06. The Balaban J connectivity index is 2.40. The molecule has 0 fully saturated rings. The molecule has 0 aromatic heterocycles. The third-order valence-corrected chi connectivity index (χ3v) is 3.03. The molecule has 0 saturated carbocycles. The Hall–Kier alpha value is -1.46. The van der Waals surface area contributed by atoms with E-state index in [0.29, 0.717) is 5.57 Å². The predicted octanol–water partition coefficient (Wildman–Crippen LogP) is 1.26. The van der Waals surface area contributed by atoms with Crippen molar-refractivity contribution < 1.29 is 24.2 Å². The number of rotatable bonds is 1. The van der Waals surface area contributed by atoms with Gasteiger partial charge in [-0.3, -0.25) is 4.79 Å². The summed E-state index contributed by atoms with van der Waals surface area (Å²) in [5, 5.41) is 9.46. The minimum Gasteiger partial charge on any atom is -0.456 e. The number of carbonyl (C=O) groups is 2. The van der Waals surface area contributed by atoms with Gasteiger partial charge in [0.1, 0.15) is 16.8 Å². The maximum atomic E-state index is 12.1. The van der Waals surface area contributed by atoms with E-state index in [2.05, 4.69) is 0 Å². The Morgan fingerprint density at radius 2 is 2.16 bits per heavy atom. The molecule has 2 rings (SSSR count). The number of hydrogen-bond acceptors (Lipinski definition) is 5. The molecule has 0 spiro atoms. The fraction of sp³-hybridized carbons (Fsp3) is 0.571. The standard InChI is InChI=1S/C14H18O5/c1-13(2,3)19-12(17)11-8-5-6-10(16)18-14(8,4)7-9(11)15/h5-6,10,16H,7H2,1-4H3/t10?,14-/m0/s1. The van der Waals surface area contributed by atoms with Crippen molar-refractivity contribution >= 4 is 11.8 Å². The maximum Gasteiger partial charge on any atom is 0.342 e. The molecule has 1 N–H and O–H groups in total. The Morgan fingerprint density at radius 1 is 1.53 bits per heavy atom. The summed E-state index contributed by atoms with van der Waals surface area (Å²) in [6.07, 6.45) is 1.95. The molecule has 0 bridgehead atoms. The molecular weight excluding hydrogens is 248 g/mol. The number of aliphatic hydroxyl groups is 1. The molecule has 2 aliphatic rings. The van der Waals surface area contributed by atoms with Crippen LogP contribution in [0.3, 0.4) is 0 Å². The summed E-state index contributed by atoms with van der Waals surface area (Å²) in [6, 6.07) is 0. The van der Waals surface area contributed by atoms with Crippen molar-refractivity contribution in [3.05, 3.63) is 23.3 Å². The number of ketones is 1. The molecular formula is C14H18O5. The van der Waals surface area contributed by atoms with Gasteiger partial charge in [0, 0.05) is 12.0 Å². The van der Waals surface area contributed by atoms with Crippen molar-refractivity contribution in [2.45, 2.75) is 51.6 Å². The topological polar surface area (TPSA) is 72.8 Å². The van der Waals surface area contributed by atoms with Crippen LogP contribution in [-0.4, -0.2) is 34.4 Å². The highest BCUT2D eigenvalue weighted by Gasteiger charge is 2.47. The van der Waals surface area contributed by atoms with Crippen LogP contribution < -0.4 is 0 Å². The molecule has 5 nitrogen and oxygen atoms in total. The monoisotopic (exact) mass is 266 g/mol. The largest absolute Gasteiger partial charge is 0.456 e. The Bertz CT molecular complexity index is 494. The summed E-state index contributed by atoms with van der Waals surface area (Å²) in [4.78, 5) is 24.1. The summed E-state index contributed by atoms with van der Waals surface area (Å²) in [7, 11) is 0. The molecule has 0 aromatic carbocycles. The van der Waals surface area contributed by atoms with Gasteiger partial charge in [0.2, 0.25) is 0 Å². The second kappa shape index (κ2) is 4.28. The average molecular weight is 266 g/mol. The molecule has 1 unspecified atom stereocenters. The summed E-state index contributed by atoms with van der Waals surface area (Å²) < 4.78 is 10.6. The van der Waals surface area contributed by atoms with E-state index in [0.717, 1.165) is 0 Å². The van der Waals surface area contributed by atoms with Gasteiger partial charge in [0.05, 0.1) is 0 Å². The number of hydrogen-bond donors (Lipinski definition) is 1. The van der Waals surface area contributed by atoms with Gasteiger partial charge in [-0.1, -0.05) is 6.08 Å². The number of aliphatic hydroxyl groups excluding tert-OH is 1. The number of carbonyl (C=O) groups excluding carboxylic acids is 2. The fourth-order valence-corrected chi connectivity index (χ4v) is 2.31. The van der Waals surface area contributed by atoms with Crippen LogP contribution in [0.15, 0.2) is 23.3 Å². The third-order valence-electron chi connectivity index (χ3n) is 3.03. The molecule has 0 aromatic rings. The maximum absolute atomic E-state index is 12.1. The Labute approximate surface area is 111 Å². The number of ether oxygens (including phenoxy) is 2. The molecule has 0 radical (unpaired) electrons. The summed E-state index contributed by atoms with van der Waals surface area (Å²) >= 11 is 0. The number of esters is 1. The summed E-state index contributed by atoms with van der Waals surface area (Å²) in [5.41, 5.74) is -1.10. The van der Waals surface area contributed by atoms with Crippen LogP contribution in [-0.2, 0) is 19.1 Å². The smallest absolute Gasteiger partial charge is 0.342 e. The van der Waals surface area contributed by atoms with E-state index < -0.39 is 23.5 Å². The van der Waals surface area contributed by atoms with Crippen LogP contribution in [0.1, 0.15) is 34.1 Å². The number of fused-ring (bicyclic) bond motifs is 1. The van der Waals surface area contributed by atoms with Gasteiger partial charge in [-0.25, -0.2) is 4.79 Å². The van der Waals surface area contributed by atoms with Crippen molar-refractivity contribution in [1.29, 1.82) is 0 Å². The highest BCUT2D eigenvalue weighted by molar-refractivity contribution is 6.21. The molecule has 0 amide bonds. The molecule has 0 saturated heterocycles. The fourth-order valence-electron chi connectivity index (χ4n) is 2.31. The van der Waals surface area contributed by atoms with Crippen molar-refractivity contribution in [1.82, 2.24) is 0 Å². The van der Waals surface area contributed by atoms with Crippen LogP contribution in [0, 0.1) is 0 Å². The molecule has 19 heavy (non-hydrogen) atoms. The highest BCUT2D eigenvalue weighted by Crippen LogP contribution is 2.41. The van der Waals surface area contributed by atoms with Gasteiger partial charge < -0.3 is 14.6 Å². The Morgan fingerprint density at radius 3 is 2.74 bits per heavy atom. The van der Waals surface area contributed by atoms with Crippen LogP contribution in [0.4, 0.5) is 0 Å². The first kappa shape index (κ1) is 14.0. The van der Waals surface area contributed by atoms with Crippen molar-refractivity contribution in [3.63, 3.8) is 0 Å². The van der Waals surface area contributed by atoms with Crippen LogP contribution in [0.5, 0.6) is 0 Å². The molecule has 2 atom stereocenters. The average Bonchev–Trinajstić information content (AvgIpc) is 2.44. The second-order valence-electron chi connectivity index (χ2n) is 5.99. The van der Waals surface area contributed by atoms with Crippen LogP contribution >= 0.6 is 0 Å². The first-order chi connectivity index (χ1) is 8.62. The van der Waals surface area contributed by atoms with Crippen molar-refractivity contribution in [3.8, 4) is 0 Å². The van der Waals surface area contributed by atoms with E-state index in [1.165, 1.54) is 6.08 Å². The lowest BCUT2D eigenvalue weighted by atomic mass is 9.94. The summed E-state index contributed by atoms with van der Waals surface area (Å²) in [5.74, 6) is -0.952. The lowest BCUT2D eigenvalue weighted by molar-refractivity contribution is -0.150. The lowest BCUT2D eigenvalue weighted by Crippen LogP contribution is -2.36. The Kier molecular flexibility index (Phi) is 3.15. The molecule has 1 aliphatic heterocycles. The molecule has 1 aliphatic carbocycles. The van der Waals surface area contributed by atoms with E-state index in [-0.39, 0.29) is 17.8 Å². The first-order valence-corrected chi connectivity index (χ1v) is 6.18. The minimum absolute atomic E-state index is 0.0283. The lowest BCUT2D eigenvalue weighted by Gasteiger charge is -2.31. The zero-order valence-corrected chi connectivity index (χ0v) is 11.5. The van der Waals surface area contributed by atoms with Crippen molar-refractivity contribution in [2.24, 2.45) is 0 Å². The van der Waals surface area contributed by atoms with Gasteiger partial charge in [-0.15, -0.1) is 0 Å². The summed E-state index contributed by atoms with van der Waals surface area (Å²) in [6.45, 7) is 6.91. The van der Waals surface area contributed by atoms with Gasteiger partial charge in [-0.2, -0.15) is 0 Å². The zero-order valence-electron chi connectivity index (χ0n) is 11.5. The number of Topliss-reactive ketones (excluding diaryl/α,β-unsaturated/α-hetero) is 1. The van der Waals surface area contributed by atoms with Crippen molar-refractivity contribution in [2.75, 3.05) is 0 Å². The van der Waals surface area contributed by atoms with Gasteiger partial charge in [-0.05, 0) is 33.8 Å².